The molecule has 6 nitrogen and oxygen atoms in total. The Morgan fingerprint density at radius 1 is 1.33 bits per heavy atom. The average Bonchev–Trinajstić information content (AvgIpc) is 3.12. The fourth-order valence-corrected chi connectivity index (χ4v) is 2.82. The number of carbonyl (C=O) groups is 1. The standard InChI is InChI=1S/C17H19ClN4O2/c1-11-9-14(15(24-2)10-12(11)18)21-17-19-6-5-13(20-17)16(23)22-7-3-4-8-22/h5-6,9-10H,3-4,7-8H2,1-2H3,(H,19,20,21). The molecule has 2 heterocycles. The number of amides is 1. The van der Waals surface area contributed by atoms with Crippen molar-refractivity contribution in [1.82, 2.24) is 14.9 Å². The first-order valence-electron chi connectivity index (χ1n) is 7.82. The molecular formula is C17H19ClN4O2. The minimum Gasteiger partial charge on any atom is -0.495 e. The number of aryl methyl sites for hydroxylation is 1. The van der Waals surface area contributed by atoms with Gasteiger partial charge in [0.05, 0.1) is 12.8 Å². The van der Waals surface area contributed by atoms with Crippen LogP contribution >= 0.6 is 11.6 Å². The summed E-state index contributed by atoms with van der Waals surface area (Å²) in [4.78, 5) is 22.8. The Labute approximate surface area is 145 Å². The third kappa shape index (κ3) is 3.43. The van der Waals surface area contributed by atoms with Crippen LogP contribution in [0.1, 0.15) is 28.9 Å². The zero-order valence-electron chi connectivity index (χ0n) is 13.7. The summed E-state index contributed by atoms with van der Waals surface area (Å²) in [6.07, 6.45) is 3.67. The lowest BCUT2D eigenvalue weighted by Crippen LogP contribution is -2.28. The van der Waals surface area contributed by atoms with Crippen LogP contribution in [-0.2, 0) is 0 Å². The molecular weight excluding hydrogens is 328 g/mol. The van der Waals surface area contributed by atoms with E-state index < -0.39 is 0 Å². The maximum absolute atomic E-state index is 12.4. The van der Waals surface area contributed by atoms with Gasteiger partial charge < -0.3 is 15.0 Å². The van der Waals surface area contributed by atoms with E-state index in [9.17, 15) is 4.79 Å². The van der Waals surface area contributed by atoms with Gasteiger partial charge in [0.1, 0.15) is 11.4 Å². The molecule has 1 aromatic heterocycles. The van der Waals surface area contributed by atoms with E-state index >= 15 is 0 Å². The molecule has 126 valence electrons. The van der Waals surface area contributed by atoms with Crippen LogP contribution in [0.25, 0.3) is 0 Å². The number of anilines is 2. The summed E-state index contributed by atoms with van der Waals surface area (Å²) >= 11 is 6.12. The zero-order valence-corrected chi connectivity index (χ0v) is 14.4. The van der Waals surface area contributed by atoms with Gasteiger partial charge in [-0.25, -0.2) is 9.97 Å². The molecule has 3 rings (SSSR count). The first-order chi connectivity index (χ1) is 11.6. The van der Waals surface area contributed by atoms with Crippen LogP contribution in [0.2, 0.25) is 5.02 Å². The van der Waals surface area contributed by atoms with E-state index in [1.807, 2.05) is 17.9 Å². The van der Waals surface area contributed by atoms with Crippen molar-refractivity contribution >= 4 is 29.1 Å². The second kappa shape index (κ2) is 7.05. The molecule has 0 saturated carbocycles. The number of nitrogens with one attached hydrogen (secondary N) is 1. The summed E-state index contributed by atoms with van der Waals surface area (Å²) in [7, 11) is 1.57. The number of hydrogen-bond acceptors (Lipinski definition) is 5. The number of ether oxygens (including phenoxy) is 1. The van der Waals surface area contributed by atoms with E-state index in [4.69, 9.17) is 16.3 Å². The van der Waals surface area contributed by atoms with Gasteiger partial charge in [0.2, 0.25) is 5.95 Å². The molecule has 1 saturated heterocycles. The highest BCUT2D eigenvalue weighted by Gasteiger charge is 2.21. The molecule has 0 radical (unpaired) electrons. The maximum Gasteiger partial charge on any atom is 0.272 e. The highest BCUT2D eigenvalue weighted by Crippen LogP contribution is 2.32. The quantitative estimate of drug-likeness (QED) is 0.918. The summed E-state index contributed by atoms with van der Waals surface area (Å²) in [5, 5.41) is 3.72. The molecule has 0 atom stereocenters. The fraction of sp³-hybridized carbons (Fsp3) is 0.353. The predicted octanol–water partition coefficient (Wildman–Crippen LogP) is 3.43. The molecule has 1 N–H and O–H groups in total. The second-order valence-corrected chi connectivity index (χ2v) is 6.10. The second-order valence-electron chi connectivity index (χ2n) is 5.69. The normalized spacial score (nSPS) is 13.9. The number of rotatable bonds is 4. The topological polar surface area (TPSA) is 67.3 Å². The van der Waals surface area contributed by atoms with E-state index in [0.29, 0.717) is 28.1 Å². The summed E-state index contributed by atoms with van der Waals surface area (Å²) < 4.78 is 5.33. The van der Waals surface area contributed by atoms with Gasteiger partial charge in [-0.2, -0.15) is 0 Å². The van der Waals surface area contributed by atoms with Crippen molar-refractivity contribution in [2.75, 3.05) is 25.5 Å². The predicted molar refractivity (Wildman–Crippen MR) is 93.2 cm³/mol. The Balaban J connectivity index is 1.85. The van der Waals surface area contributed by atoms with E-state index in [2.05, 4.69) is 15.3 Å². The molecule has 1 amide bonds. The van der Waals surface area contributed by atoms with Gasteiger partial charge in [-0.1, -0.05) is 11.6 Å². The van der Waals surface area contributed by atoms with Gasteiger partial charge in [-0.15, -0.1) is 0 Å². The average molecular weight is 347 g/mol. The third-order valence-corrected chi connectivity index (χ3v) is 4.40. The monoisotopic (exact) mass is 346 g/mol. The number of benzene rings is 1. The van der Waals surface area contributed by atoms with Gasteiger partial charge in [0.15, 0.2) is 0 Å². The van der Waals surface area contributed by atoms with Crippen molar-refractivity contribution in [1.29, 1.82) is 0 Å². The van der Waals surface area contributed by atoms with Crippen molar-refractivity contribution in [3.05, 3.63) is 40.7 Å². The number of hydrogen-bond donors (Lipinski definition) is 1. The lowest BCUT2D eigenvalue weighted by atomic mass is 10.2. The van der Waals surface area contributed by atoms with Crippen molar-refractivity contribution in [2.24, 2.45) is 0 Å². The molecule has 0 aliphatic carbocycles. The number of halogens is 1. The minimum atomic E-state index is -0.0581. The Morgan fingerprint density at radius 3 is 2.79 bits per heavy atom. The SMILES string of the molecule is COc1cc(Cl)c(C)cc1Nc1nccc(C(=O)N2CCCC2)n1. The van der Waals surface area contributed by atoms with Crippen LogP contribution in [0.3, 0.4) is 0 Å². The van der Waals surface area contributed by atoms with Crippen molar-refractivity contribution in [3.8, 4) is 5.75 Å². The lowest BCUT2D eigenvalue weighted by molar-refractivity contribution is 0.0787. The largest absolute Gasteiger partial charge is 0.495 e. The van der Waals surface area contributed by atoms with Crippen molar-refractivity contribution in [3.63, 3.8) is 0 Å². The summed E-state index contributed by atoms with van der Waals surface area (Å²) in [5.74, 6) is 0.878. The van der Waals surface area contributed by atoms with Gasteiger partial charge in [0, 0.05) is 30.4 Å². The molecule has 0 bridgehead atoms. The van der Waals surface area contributed by atoms with E-state index in [0.717, 1.165) is 31.5 Å². The number of carbonyl (C=O) groups excluding carboxylic acids is 1. The van der Waals surface area contributed by atoms with Crippen LogP contribution in [-0.4, -0.2) is 41.0 Å². The molecule has 1 aliphatic rings. The van der Waals surface area contributed by atoms with Crippen LogP contribution in [0.4, 0.5) is 11.6 Å². The molecule has 0 unspecified atom stereocenters. The third-order valence-electron chi connectivity index (χ3n) is 4.00. The lowest BCUT2D eigenvalue weighted by Gasteiger charge is -2.15. The Morgan fingerprint density at radius 2 is 2.08 bits per heavy atom. The zero-order chi connectivity index (χ0) is 17.1. The summed E-state index contributed by atoms with van der Waals surface area (Å²) in [6.45, 7) is 3.48. The molecule has 0 spiro atoms. The molecule has 1 aliphatic heterocycles. The molecule has 7 heteroatoms. The summed E-state index contributed by atoms with van der Waals surface area (Å²) in [6, 6.07) is 5.23. The Hall–Kier alpha value is -2.34. The van der Waals surface area contributed by atoms with Gasteiger partial charge in [0.25, 0.3) is 5.91 Å². The van der Waals surface area contributed by atoms with Crippen LogP contribution < -0.4 is 10.1 Å². The first kappa shape index (κ1) is 16.5. The highest BCUT2D eigenvalue weighted by molar-refractivity contribution is 6.31. The number of nitrogens with zero attached hydrogens (tertiary/aromatic N) is 3. The fourth-order valence-electron chi connectivity index (χ4n) is 2.67. The number of methoxy groups -OCH3 is 1. The van der Waals surface area contributed by atoms with Gasteiger partial charge >= 0.3 is 0 Å². The first-order valence-corrected chi connectivity index (χ1v) is 8.20. The number of aromatic nitrogens is 2. The maximum atomic E-state index is 12.4. The van der Waals surface area contributed by atoms with E-state index in [1.54, 1.807) is 25.4 Å². The molecule has 1 aromatic carbocycles. The molecule has 2 aromatic rings. The van der Waals surface area contributed by atoms with Crippen molar-refractivity contribution < 1.29 is 9.53 Å². The van der Waals surface area contributed by atoms with Crippen LogP contribution in [0.5, 0.6) is 5.75 Å². The highest BCUT2D eigenvalue weighted by atomic mass is 35.5. The van der Waals surface area contributed by atoms with Gasteiger partial charge in [-0.05, 0) is 37.5 Å². The molecule has 1 fully saturated rings. The van der Waals surface area contributed by atoms with Crippen LogP contribution in [0.15, 0.2) is 24.4 Å². The van der Waals surface area contributed by atoms with E-state index in [1.165, 1.54) is 0 Å². The van der Waals surface area contributed by atoms with E-state index in [-0.39, 0.29) is 5.91 Å². The Kier molecular flexibility index (Phi) is 4.85. The molecule has 24 heavy (non-hydrogen) atoms. The Bertz CT molecular complexity index is 760. The number of likely N-dealkylation sites (tertiary alicyclic amines) is 1. The smallest absolute Gasteiger partial charge is 0.272 e. The minimum absolute atomic E-state index is 0.0581. The van der Waals surface area contributed by atoms with Crippen molar-refractivity contribution in [2.45, 2.75) is 19.8 Å². The van der Waals surface area contributed by atoms with Gasteiger partial charge in [-0.3, -0.25) is 4.79 Å². The van der Waals surface area contributed by atoms with Crippen LogP contribution in [0, 0.1) is 6.92 Å². The summed E-state index contributed by atoms with van der Waals surface area (Å²) in [5.41, 5.74) is 1.99.